The van der Waals surface area contributed by atoms with Gasteiger partial charge in [-0.2, -0.15) is 0 Å². The van der Waals surface area contributed by atoms with E-state index in [1.807, 2.05) is 0 Å². The Morgan fingerprint density at radius 1 is 1.32 bits per heavy atom. The minimum Gasteiger partial charge on any atom is -0.365 e. The van der Waals surface area contributed by atoms with E-state index in [-0.39, 0.29) is 27.3 Å². The smallest absolute Gasteiger partial charge is 0.271 e. The first kappa shape index (κ1) is 13.0. The normalized spacial score (nSPS) is 10.2. The standard InChI is InChI=1S/C11H8FN3O3S/c12-6-1-3-7(4-2-6)15-10(17)8(9(13)16)5-14-11(15)19-18/h1-5,14H,(H2,13,16). The number of H-pyrrole nitrogens is 1. The van der Waals surface area contributed by atoms with Crippen molar-refractivity contribution >= 4 is 17.2 Å². The first-order valence-corrected chi connectivity index (χ1v) is 5.82. The Labute approximate surface area is 109 Å². The van der Waals surface area contributed by atoms with Crippen LogP contribution in [0.4, 0.5) is 4.39 Å². The Balaban J connectivity index is 2.85. The quantitative estimate of drug-likeness (QED) is 0.766. The second-order valence-electron chi connectivity index (χ2n) is 3.57. The van der Waals surface area contributed by atoms with Gasteiger partial charge in [0.2, 0.25) is 4.77 Å². The first-order valence-electron chi connectivity index (χ1n) is 5.08. The van der Waals surface area contributed by atoms with Crippen LogP contribution in [0, 0.1) is 10.6 Å². The van der Waals surface area contributed by atoms with E-state index in [4.69, 9.17) is 5.73 Å². The molecule has 1 aromatic heterocycles. The highest BCUT2D eigenvalue weighted by molar-refractivity contribution is 7.56. The number of benzene rings is 1. The third-order valence-electron chi connectivity index (χ3n) is 2.41. The van der Waals surface area contributed by atoms with Crippen LogP contribution in [-0.4, -0.2) is 19.7 Å². The van der Waals surface area contributed by atoms with E-state index in [2.05, 4.69) is 4.98 Å². The summed E-state index contributed by atoms with van der Waals surface area (Å²) in [4.78, 5) is 25.7. The van der Waals surface area contributed by atoms with Crippen LogP contribution in [0.2, 0.25) is 0 Å². The van der Waals surface area contributed by atoms with Crippen LogP contribution in [-0.2, 0) is 11.3 Å². The molecule has 1 heterocycles. The maximum atomic E-state index is 12.9. The van der Waals surface area contributed by atoms with Crippen molar-refractivity contribution in [1.82, 2.24) is 9.55 Å². The Morgan fingerprint density at radius 2 is 1.95 bits per heavy atom. The van der Waals surface area contributed by atoms with Gasteiger partial charge in [0, 0.05) is 6.20 Å². The zero-order chi connectivity index (χ0) is 14.0. The fourth-order valence-corrected chi connectivity index (χ4v) is 1.91. The number of halogens is 1. The largest absolute Gasteiger partial charge is 0.365 e. The van der Waals surface area contributed by atoms with E-state index >= 15 is 0 Å². The number of rotatable bonds is 2. The number of aromatic nitrogens is 2. The highest BCUT2D eigenvalue weighted by Crippen LogP contribution is 2.06. The minimum atomic E-state index is -0.917. The molecule has 2 rings (SSSR count). The molecule has 2 aromatic rings. The lowest BCUT2D eigenvalue weighted by Crippen LogP contribution is -2.30. The fourth-order valence-electron chi connectivity index (χ4n) is 1.54. The molecule has 0 aliphatic heterocycles. The van der Waals surface area contributed by atoms with Gasteiger partial charge in [-0.1, -0.05) is 0 Å². The van der Waals surface area contributed by atoms with Crippen molar-refractivity contribution < 1.29 is 13.4 Å². The van der Waals surface area contributed by atoms with Crippen molar-refractivity contribution in [3.63, 3.8) is 0 Å². The van der Waals surface area contributed by atoms with Gasteiger partial charge in [-0.05, 0) is 24.3 Å². The molecule has 8 heteroatoms. The minimum absolute atomic E-state index is 0.0402. The van der Waals surface area contributed by atoms with Crippen LogP contribution in [0.1, 0.15) is 10.4 Å². The van der Waals surface area contributed by atoms with Gasteiger partial charge in [-0.25, -0.2) is 8.60 Å². The van der Waals surface area contributed by atoms with Gasteiger partial charge in [-0.15, -0.1) is 0 Å². The Hall–Kier alpha value is -2.48. The monoisotopic (exact) mass is 281 g/mol. The number of amides is 1. The number of aromatic amines is 1. The number of nitrogens with one attached hydrogen (secondary N) is 1. The van der Waals surface area contributed by atoms with Gasteiger partial charge >= 0.3 is 0 Å². The molecule has 1 amide bonds. The second-order valence-corrected chi connectivity index (χ2v) is 4.13. The van der Waals surface area contributed by atoms with Crippen molar-refractivity contribution in [2.75, 3.05) is 0 Å². The number of hydrogen-bond donors (Lipinski definition) is 2. The van der Waals surface area contributed by atoms with E-state index in [9.17, 15) is 18.2 Å². The molecule has 0 aliphatic carbocycles. The zero-order valence-corrected chi connectivity index (χ0v) is 10.2. The van der Waals surface area contributed by atoms with Gasteiger partial charge in [0.15, 0.2) is 0 Å². The lowest BCUT2D eigenvalue weighted by Gasteiger charge is -2.06. The molecule has 0 spiro atoms. The third-order valence-corrected chi connectivity index (χ3v) is 2.86. The molecule has 0 atom stereocenters. The highest BCUT2D eigenvalue weighted by atomic mass is 32.1. The average Bonchev–Trinajstić information content (AvgIpc) is 2.39. The summed E-state index contributed by atoms with van der Waals surface area (Å²) in [6.07, 6.45) is 1.07. The molecule has 98 valence electrons. The van der Waals surface area contributed by atoms with Crippen molar-refractivity contribution in [1.29, 1.82) is 0 Å². The lowest BCUT2D eigenvalue weighted by atomic mass is 10.3. The number of nitrogens with two attached hydrogens (primary N) is 1. The van der Waals surface area contributed by atoms with Gasteiger partial charge in [-0.3, -0.25) is 14.2 Å². The van der Waals surface area contributed by atoms with E-state index in [0.29, 0.717) is 0 Å². The molecule has 19 heavy (non-hydrogen) atoms. The van der Waals surface area contributed by atoms with Gasteiger partial charge in [0.25, 0.3) is 11.5 Å². The maximum Gasteiger partial charge on any atom is 0.271 e. The molecule has 0 bridgehead atoms. The summed E-state index contributed by atoms with van der Waals surface area (Å²) in [5.74, 6) is -1.40. The number of carbonyl (C=O) groups is 1. The second kappa shape index (κ2) is 5.02. The number of nitrogens with zero attached hydrogens (tertiary/aromatic N) is 1. The van der Waals surface area contributed by atoms with Crippen LogP contribution in [0.15, 0.2) is 35.3 Å². The van der Waals surface area contributed by atoms with Crippen LogP contribution in [0.25, 0.3) is 5.69 Å². The number of primary amides is 1. The molecule has 0 radical (unpaired) electrons. The van der Waals surface area contributed by atoms with Gasteiger partial charge in [0.1, 0.15) is 22.6 Å². The number of hydrogen-bond acceptors (Lipinski definition) is 3. The summed E-state index contributed by atoms with van der Waals surface area (Å²) in [6.45, 7) is 0. The topological polar surface area (TPSA) is 97.9 Å². The first-order chi connectivity index (χ1) is 9.04. The Bertz CT molecular complexity index is 788. The molecular formula is C11H8FN3O3S. The molecule has 3 N–H and O–H groups in total. The van der Waals surface area contributed by atoms with E-state index in [0.717, 1.165) is 22.9 Å². The molecule has 0 saturated heterocycles. The van der Waals surface area contributed by atoms with Crippen molar-refractivity contribution in [2.45, 2.75) is 0 Å². The summed E-state index contributed by atoms with van der Waals surface area (Å²) >= 11 is 0.0406. The van der Waals surface area contributed by atoms with Crippen LogP contribution in [0.3, 0.4) is 0 Å². The van der Waals surface area contributed by atoms with Crippen molar-refractivity contribution in [2.24, 2.45) is 5.73 Å². The van der Waals surface area contributed by atoms with Gasteiger partial charge in [0.05, 0.1) is 5.69 Å². The van der Waals surface area contributed by atoms with Crippen LogP contribution < -0.4 is 11.3 Å². The molecule has 0 fully saturated rings. The van der Waals surface area contributed by atoms with Crippen LogP contribution in [0.5, 0.6) is 0 Å². The SMILES string of the molecule is NC(=O)c1c[nH]c(=S=O)n(-c2ccc(F)cc2)c1=O. The summed E-state index contributed by atoms with van der Waals surface area (Å²) in [5.41, 5.74) is 4.28. The highest BCUT2D eigenvalue weighted by Gasteiger charge is 2.12. The molecule has 0 aliphatic rings. The van der Waals surface area contributed by atoms with E-state index < -0.39 is 17.3 Å². The Morgan fingerprint density at radius 3 is 2.47 bits per heavy atom. The molecule has 1 aromatic carbocycles. The molecular weight excluding hydrogens is 273 g/mol. The predicted molar refractivity (Wildman–Crippen MR) is 66.3 cm³/mol. The lowest BCUT2D eigenvalue weighted by molar-refractivity contribution is 0.0998. The van der Waals surface area contributed by atoms with E-state index in [1.165, 1.54) is 12.1 Å². The summed E-state index contributed by atoms with van der Waals surface area (Å²) in [7, 11) is 0. The van der Waals surface area contributed by atoms with Crippen LogP contribution >= 0.6 is 0 Å². The number of carbonyl (C=O) groups excluding carboxylic acids is 1. The predicted octanol–water partition coefficient (Wildman–Crippen LogP) is 0.149. The Kier molecular flexibility index (Phi) is 3.43. The molecule has 0 unspecified atom stereocenters. The van der Waals surface area contributed by atoms with E-state index in [1.54, 1.807) is 0 Å². The van der Waals surface area contributed by atoms with Crippen molar-refractivity contribution in [3.05, 3.63) is 57.0 Å². The molecule has 0 saturated carbocycles. The fraction of sp³-hybridized carbons (Fsp3) is 0. The maximum absolute atomic E-state index is 12.9. The van der Waals surface area contributed by atoms with Crippen molar-refractivity contribution in [3.8, 4) is 5.69 Å². The summed E-state index contributed by atoms with van der Waals surface area (Å²) in [6, 6.07) is 4.90. The third kappa shape index (κ3) is 2.38. The zero-order valence-electron chi connectivity index (χ0n) is 9.42. The summed E-state index contributed by atoms with van der Waals surface area (Å²) < 4.78 is 24.7. The van der Waals surface area contributed by atoms with Gasteiger partial charge < -0.3 is 10.7 Å². The average molecular weight is 281 g/mol. The summed E-state index contributed by atoms with van der Waals surface area (Å²) in [5, 5.41) is 0. The molecule has 6 nitrogen and oxygen atoms in total.